The Morgan fingerprint density at radius 1 is 1.03 bits per heavy atom. The zero-order valence-electron chi connectivity index (χ0n) is 17.9. The second-order valence-electron chi connectivity index (χ2n) is 7.56. The van der Waals surface area contributed by atoms with E-state index in [9.17, 15) is 14.7 Å². The van der Waals surface area contributed by atoms with Crippen LogP contribution in [0.4, 0.5) is 0 Å². The van der Waals surface area contributed by atoms with Crippen LogP contribution in [0.5, 0.6) is 0 Å². The lowest BCUT2D eigenvalue weighted by Gasteiger charge is -2.28. The van der Waals surface area contributed by atoms with Crippen molar-refractivity contribution >= 4 is 40.7 Å². The quantitative estimate of drug-likeness (QED) is 0.356. The number of hydrogen-bond acceptors (Lipinski definition) is 4. The van der Waals surface area contributed by atoms with E-state index in [1.807, 2.05) is 32.9 Å². The number of aliphatic hydroxyl groups excluding tert-OH is 1. The predicted octanol–water partition coefficient (Wildman–Crippen LogP) is 5.07. The summed E-state index contributed by atoms with van der Waals surface area (Å²) >= 11 is 12.3. The third-order valence-corrected chi connectivity index (χ3v) is 6.41. The summed E-state index contributed by atoms with van der Waals surface area (Å²) in [7, 11) is 0. The Morgan fingerprint density at radius 2 is 1.68 bits per heavy atom. The summed E-state index contributed by atoms with van der Waals surface area (Å²) in [6.07, 6.45) is 0. The van der Waals surface area contributed by atoms with Crippen LogP contribution in [-0.2, 0) is 9.59 Å². The molecule has 1 aliphatic rings. The first kappa shape index (κ1) is 23.3. The molecule has 7 heteroatoms. The van der Waals surface area contributed by atoms with E-state index in [2.05, 4.69) is 4.90 Å². The lowest BCUT2D eigenvalue weighted by atomic mass is 9.95. The molecule has 31 heavy (non-hydrogen) atoms. The summed E-state index contributed by atoms with van der Waals surface area (Å²) in [5, 5.41) is 11.8. The number of carbonyl (C=O) groups is 2. The third kappa shape index (κ3) is 4.79. The van der Waals surface area contributed by atoms with E-state index < -0.39 is 17.7 Å². The summed E-state index contributed by atoms with van der Waals surface area (Å²) < 4.78 is 0. The lowest BCUT2D eigenvalue weighted by molar-refractivity contribution is -0.140. The van der Waals surface area contributed by atoms with Gasteiger partial charge >= 0.3 is 0 Å². The zero-order valence-corrected chi connectivity index (χ0v) is 19.4. The van der Waals surface area contributed by atoms with Crippen molar-refractivity contribution in [3.8, 4) is 0 Å². The fourth-order valence-corrected chi connectivity index (χ4v) is 4.10. The number of rotatable bonds is 7. The largest absolute Gasteiger partial charge is 0.507 e. The zero-order chi connectivity index (χ0) is 22.7. The van der Waals surface area contributed by atoms with Crippen molar-refractivity contribution in [2.24, 2.45) is 0 Å². The minimum Gasteiger partial charge on any atom is -0.507 e. The number of halogens is 2. The molecule has 1 N–H and O–H groups in total. The van der Waals surface area contributed by atoms with Gasteiger partial charge in [-0.1, -0.05) is 72.9 Å². The van der Waals surface area contributed by atoms with E-state index in [-0.39, 0.29) is 11.3 Å². The van der Waals surface area contributed by atoms with E-state index in [0.29, 0.717) is 34.3 Å². The number of nitrogens with zero attached hydrogens (tertiary/aromatic N) is 2. The molecule has 1 aliphatic heterocycles. The van der Waals surface area contributed by atoms with E-state index in [4.69, 9.17) is 23.2 Å². The Bertz CT molecular complexity index is 1010. The van der Waals surface area contributed by atoms with Gasteiger partial charge in [0.2, 0.25) is 0 Å². The van der Waals surface area contributed by atoms with Crippen LogP contribution in [0.3, 0.4) is 0 Å². The number of amides is 1. The first-order valence-electron chi connectivity index (χ1n) is 10.3. The molecule has 0 radical (unpaired) electrons. The van der Waals surface area contributed by atoms with E-state index in [0.717, 1.165) is 18.7 Å². The van der Waals surface area contributed by atoms with E-state index in [1.54, 1.807) is 30.3 Å². The predicted molar refractivity (Wildman–Crippen MR) is 124 cm³/mol. The molecule has 0 aromatic heterocycles. The smallest absolute Gasteiger partial charge is 0.295 e. The van der Waals surface area contributed by atoms with Crippen molar-refractivity contribution in [1.29, 1.82) is 0 Å². The Labute approximate surface area is 192 Å². The number of aryl methyl sites for hydroxylation is 1. The molecule has 0 bridgehead atoms. The van der Waals surface area contributed by atoms with Crippen LogP contribution >= 0.6 is 23.2 Å². The topological polar surface area (TPSA) is 60.9 Å². The lowest BCUT2D eigenvalue weighted by Crippen LogP contribution is -2.38. The molecule has 0 aliphatic carbocycles. The molecule has 3 rings (SSSR count). The Kier molecular flexibility index (Phi) is 7.42. The molecular formula is C24H26Cl2N2O3. The molecule has 164 valence electrons. The maximum Gasteiger partial charge on any atom is 0.295 e. The number of benzene rings is 2. The van der Waals surface area contributed by atoms with Crippen molar-refractivity contribution < 1.29 is 14.7 Å². The van der Waals surface area contributed by atoms with Crippen LogP contribution in [0.25, 0.3) is 5.76 Å². The minimum absolute atomic E-state index is 0.0618. The molecule has 0 saturated carbocycles. The van der Waals surface area contributed by atoms with Gasteiger partial charge in [-0.05, 0) is 37.7 Å². The Morgan fingerprint density at radius 3 is 2.26 bits per heavy atom. The van der Waals surface area contributed by atoms with Gasteiger partial charge in [0.05, 0.1) is 21.7 Å². The fourth-order valence-electron chi connectivity index (χ4n) is 3.80. The number of aliphatic hydroxyl groups is 1. The number of likely N-dealkylation sites (tertiary alicyclic amines) is 1. The van der Waals surface area contributed by atoms with Gasteiger partial charge in [0.1, 0.15) is 5.76 Å². The third-order valence-electron chi connectivity index (χ3n) is 5.68. The molecule has 0 spiro atoms. The second-order valence-corrected chi connectivity index (χ2v) is 8.37. The summed E-state index contributed by atoms with van der Waals surface area (Å²) in [5.41, 5.74) is 2.20. The molecule has 1 fully saturated rings. The van der Waals surface area contributed by atoms with Gasteiger partial charge in [-0.2, -0.15) is 0 Å². The maximum absolute atomic E-state index is 13.0. The molecular weight excluding hydrogens is 435 g/mol. The summed E-state index contributed by atoms with van der Waals surface area (Å²) in [4.78, 5) is 29.7. The SMILES string of the molecule is CCN(CC)CCN1C(=O)C(=O)/C(=C(/O)c2ccc(C)cc2)[C@@H]1c1ccc(Cl)c(Cl)c1. The van der Waals surface area contributed by atoms with Gasteiger partial charge < -0.3 is 14.9 Å². The van der Waals surface area contributed by atoms with Crippen LogP contribution in [0.1, 0.15) is 36.6 Å². The van der Waals surface area contributed by atoms with Gasteiger partial charge in [0.25, 0.3) is 11.7 Å². The minimum atomic E-state index is -0.744. The van der Waals surface area contributed by atoms with Crippen molar-refractivity contribution in [2.45, 2.75) is 26.8 Å². The average Bonchev–Trinajstić information content (AvgIpc) is 3.01. The first-order valence-corrected chi connectivity index (χ1v) is 11.1. The monoisotopic (exact) mass is 460 g/mol. The molecule has 5 nitrogen and oxygen atoms in total. The highest BCUT2D eigenvalue weighted by atomic mass is 35.5. The number of likely N-dealkylation sites (N-methyl/N-ethyl adjacent to an activating group) is 1. The molecule has 1 atom stereocenters. The van der Waals surface area contributed by atoms with E-state index in [1.165, 1.54) is 4.90 Å². The number of ketones is 1. The number of Topliss-reactive ketones (excluding diaryl/α,β-unsaturated/α-hetero) is 1. The van der Waals surface area contributed by atoms with Gasteiger partial charge in [-0.25, -0.2) is 0 Å². The molecule has 0 unspecified atom stereocenters. The molecule has 2 aromatic rings. The van der Waals surface area contributed by atoms with Crippen molar-refractivity contribution in [3.63, 3.8) is 0 Å². The molecule has 1 heterocycles. The Balaban J connectivity index is 2.12. The van der Waals surface area contributed by atoms with Gasteiger partial charge in [0, 0.05) is 18.7 Å². The van der Waals surface area contributed by atoms with Crippen LogP contribution in [0, 0.1) is 6.92 Å². The fraction of sp³-hybridized carbons (Fsp3) is 0.333. The van der Waals surface area contributed by atoms with Gasteiger partial charge in [-0.15, -0.1) is 0 Å². The second kappa shape index (κ2) is 9.86. The van der Waals surface area contributed by atoms with Crippen molar-refractivity contribution in [3.05, 3.63) is 74.8 Å². The number of carbonyl (C=O) groups excluding carboxylic acids is 2. The molecule has 2 aromatic carbocycles. The van der Waals surface area contributed by atoms with Crippen LogP contribution in [-0.4, -0.2) is 52.8 Å². The highest BCUT2D eigenvalue weighted by Crippen LogP contribution is 2.40. The first-order chi connectivity index (χ1) is 14.8. The van der Waals surface area contributed by atoms with Crippen molar-refractivity contribution in [1.82, 2.24) is 9.80 Å². The van der Waals surface area contributed by atoms with Crippen LogP contribution in [0.15, 0.2) is 48.0 Å². The van der Waals surface area contributed by atoms with Crippen LogP contribution in [0.2, 0.25) is 10.0 Å². The highest BCUT2D eigenvalue weighted by Gasteiger charge is 2.46. The summed E-state index contributed by atoms with van der Waals surface area (Å²) in [6, 6.07) is 11.4. The standard InChI is InChI=1S/C24H26Cl2N2O3/c1-4-27(5-2)12-13-28-21(17-10-11-18(25)19(26)14-17)20(23(30)24(28)31)22(29)16-8-6-15(3)7-9-16/h6-11,14,21,29H,4-5,12-13H2,1-3H3/b22-20+/t21-/m0/s1. The van der Waals surface area contributed by atoms with E-state index >= 15 is 0 Å². The molecule has 1 saturated heterocycles. The average molecular weight is 461 g/mol. The molecule has 1 amide bonds. The van der Waals surface area contributed by atoms with Gasteiger partial charge in [0.15, 0.2) is 0 Å². The normalized spacial score (nSPS) is 18.3. The van der Waals surface area contributed by atoms with Crippen LogP contribution < -0.4 is 0 Å². The summed E-state index contributed by atoms with van der Waals surface area (Å²) in [5.74, 6) is -1.52. The Hall–Kier alpha value is -2.34. The van der Waals surface area contributed by atoms with Crippen molar-refractivity contribution in [2.75, 3.05) is 26.2 Å². The maximum atomic E-state index is 13.0. The number of hydrogen-bond donors (Lipinski definition) is 1. The summed E-state index contributed by atoms with van der Waals surface area (Å²) in [6.45, 7) is 8.66. The van der Waals surface area contributed by atoms with Gasteiger partial charge in [-0.3, -0.25) is 9.59 Å². The highest BCUT2D eigenvalue weighted by molar-refractivity contribution is 6.46.